The van der Waals surface area contributed by atoms with E-state index in [1.165, 1.54) is 5.56 Å². The van der Waals surface area contributed by atoms with Crippen LogP contribution in [-0.2, 0) is 11.2 Å². The lowest BCUT2D eigenvalue weighted by Gasteiger charge is -2.23. The second-order valence-electron chi connectivity index (χ2n) is 9.38. The smallest absolute Gasteiger partial charge is 0.221 e. The molecule has 0 bridgehead atoms. The molecule has 0 saturated heterocycles. The topological polar surface area (TPSA) is 63.3 Å². The molecule has 0 aliphatic heterocycles. The summed E-state index contributed by atoms with van der Waals surface area (Å²) in [4.78, 5) is 17.1. The van der Waals surface area contributed by atoms with Crippen molar-refractivity contribution in [2.24, 2.45) is 0 Å². The lowest BCUT2D eigenvalue weighted by molar-refractivity contribution is -0.122. The molecular formula is C33H32N2O3. The Morgan fingerprint density at radius 2 is 1.47 bits per heavy atom. The SMILES string of the molecule is COc1ccc([C@@H](CC(=O)N[C@H](Cc2ccccc2)c2ccccc2)c2c[nH]c3ccccc23)cc1OC. The number of H-pyrrole nitrogens is 1. The highest BCUT2D eigenvalue weighted by atomic mass is 16.5. The number of amides is 1. The number of carbonyl (C=O) groups excluding carboxylic acids is 1. The summed E-state index contributed by atoms with van der Waals surface area (Å²) >= 11 is 0. The fourth-order valence-corrected chi connectivity index (χ4v) is 5.09. The fourth-order valence-electron chi connectivity index (χ4n) is 5.09. The quantitative estimate of drug-likeness (QED) is 0.220. The van der Waals surface area contributed by atoms with Gasteiger partial charge in [-0.15, -0.1) is 0 Å². The summed E-state index contributed by atoms with van der Waals surface area (Å²) in [6.07, 6.45) is 3.01. The molecule has 0 radical (unpaired) electrons. The van der Waals surface area contributed by atoms with Crippen LogP contribution in [0, 0.1) is 0 Å². The lowest BCUT2D eigenvalue weighted by Crippen LogP contribution is -2.31. The van der Waals surface area contributed by atoms with E-state index in [0.717, 1.165) is 27.6 Å². The van der Waals surface area contributed by atoms with Crippen LogP contribution < -0.4 is 14.8 Å². The van der Waals surface area contributed by atoms with Gasteiger partial charge in [0.15, 0.2) is 11.5 Å². The highest BCUT2D eigenvalue weighted by molar-refractivity contribution is 5.86. The molecule has 2 N–H and O–H groups in total. The van der Waals surface area contributed by atoms with E-state index in [4.69, 9.17) is 9.47 Å². The van der Waals surface area contributed by atoms with Gasteiger partial charge >= 0.3 is 0 Å². The molecule has 5 aromatic rings. The molecule has 5 nitrogen and oxygen atoms in total. The van der Waals surface area contributed by atoms with Crippen molar-refractivity contribution in [3.63, 3.8) is 0 Å². The Morgan fingerprint density at radius 1 is 0.789 bits per heavy atom. The highest BCUT2D eigenvalue weighted by Gasteiger charge is 2.24. The van der Waals surface area contributed by atoms with Crippen LogP contribution >= 0.6 is 0 Å². The minimum absolute atomic E-state index is 0.0140. The third-order valence-corrected chi connectivity index (χ3v) is 7.02. The molecule has 0 spiro atoms. The van der Waals surface area contributed by atoms with Crippen molar-refractivity contribution in [1.82, 2.24) is 10.3 Å². The van der Waals surface area contributed by atoms with Crippen molar-refractivity contribution in [3.05, 3.63) is 132 Å². The first-order valence-electron chi connectivity index (χ1n) is 12.8. The molecule has 5 heteroatoms. The van der Waals surface area contributed by atoms with Crippen molar-refractivity contribution in [1.29, 1.82) is 0 Å². The van der Waals surface area contributed by atoms with E-state index in [9.17, 15) is 4.79 Å². The van der Waals surface area contributed by atoms with E-state index in [2.05, 4.69) is 46.7 Å². The lowest BCUT2D eigenvalue weighted by atomic mass is 9.87. The van der Waals surface area contributed by atoms with E-state index < -0.39 is 0 Å². The summed E-state index contributed by atoms with van der Waals surface area (Å²) in [5, 5.41) is 4.44. The largest absolute Gasteiger partial charge is 0.493 e. The number of aromatic nitrogens is 1. The van der Waals surface area contributed by atoms with Gasteiger partial charge in [0.25, 0.3) is 0 Å². The predicted molar refractivity (Wildman–Crippen MR) is 152 cm³/mol. The van der Waals surface area contributed by atoms with Crippen molar-refractivity contribution in [3.8, 4) is 11.5 Å². The molecule has 1 amide bonds. The van der Waals surface area contributed by atoms with Gasteiger partial charge < -0.3 is 19.8 Å². The van der Waals surface area contributed by atoms with Crippen molar-refractivity contribution < 1.29 is 14.3 Å². The Kier molecular flexibility index (Phi) is 7.74. The first-order valence-corrected chi connectivity index (χ1v) is 12.8. The average molecular weight is 505 g/mol. The minimum Gasteiger partial charge on any atom is -0.493 e. The molecule has 0 aliphatic carbocycles. The van der Waals surface area contributed by atoms with Crippen LogP contribution in [-0.4, -0.2) is 25.1 Å². The zero-order valence-corrected chi connectivity index (χ0v) is 21.7. The van der Waals surface area contributed by atoms with Crippen molar-refractivity contribution in [2.45, 2.75) is 24.8 Å². The Balaban J connectivity index is 1.47. The summed E-state index contributed by atoms with van der Waals surface area (Å²) < 4.78 is 11.1. The van der Waals surface area contributed by atoms with Crippen LogP contribution in [0.15, 0.2) is 109 Å². The number of benzene rings is 4. The number of hydrogen-bond acceptors (Lipinski definition) is 3. The molecule has 2 atom stereocenters. The number of rotatable bonds is 10. The third kappa shape index (κ3) is 5.57. The van der Waals surface area contributed by atoms with Gasteiger partial charge in [-0.1, -0.05) is 84.9 Å². The minimum atomic E-state index is -0.181. The van der Waals surface area contributed by atoms with Gasteiger partial charge in [0, 0.05) is 29.4 Å². The standard InChI is InChI=1S/C33H32N2O3/c1-37-31-18-17-25(20-32(31)38-2)27(28-22-34-29-16-10-9-15-26(28)29)21-33(36)35-30(24-13-7-4-8-14-24)19-23-11-5-3-6-12-23/h3-18,20,22,27,30,34H,19,21H2,1-2H3,(H,35,36)/t27-,30-/m1/s1. The van der Waals surface area contributed by atoms with Crippen molar-refractivity contribution >= 4 is 16.8 Å². The number of methoxy groups -OCH3 is 2. The maximum atomic E-state index is 13.7. The van der Waals surface area contributed by atoms with Gasteiger partial charge in [-0.3, -0.25) is 4.79 Å². The van der Waals surface area contributed by atoms with E-state index in [0.29, 0.717) is 17.9 Å². The molecule has 4 aromatic carbocycles. The van der Waals surface area contributed by atoms with Gasteiger partial charge in [-0.2, -0.15) is 0 Å². The van der Waals surface area contributed by atoms with Gasteiger partial charge in [0.1, 0.15) is 0 Å². The number of ether oxygens (including phenoxy) is 2. The van der Waals surface area contributed by atoms with Crippen LogP contribution in [0.4, 0.5) is 0 Å². The number of para-hydroxylation sites is 1. The second-order valence-corrected chi connectivity index (χ2v) is 9.38. The first-order chi connectivity index (χ1) is 18.7. The Labute approximate surface area is 223 Å². The predicted octanol–water partition coefficient (Wildman–Crippen LogP) is 6.81. The van der Waals surface area contributed by atoms with Gasteiger partial charge in [0.05, 0.1) is 20.3 Å². The number of hydrogen-bond donors (Lipinski definition) is 2. The van der Waals surface area contributed by atoms with E-state index in [1.807, 2.05) is 72.9 Å². The van der Waals surface area contributed by atoms with E-state index >= 15 is 0 Å². The number of fused-ring (bicyclic) bond motifs is 1. The number of carbonyl (C=O) groups is 1. The van der Waals surface area contributed by atoms with Crippen LogP contribution in [0.1, 0.15) is 40.6 Å². The fraction of sp³-hybridized carbons (Fsp3) is 0.182. The molecule has 0 unspecified atom stereocenters. The molecule has 0 saturated carbocycles. The van der Waals surface area contributed by atoms with Crippen molar-refractivity contribution in [2.75, 3.05) is 14.2 Å². The van der Waals surface area contributed by atoms with E-state index in [-0.39, 0.29) is 24.3 Å². The maximum absolute atomic E-state index is 13.7. The molecule has 1 heterocycles. The van der Waals surface area contributed by atoms with Crippen LogP contribution in [0.3, 0.4) is 0 Å². The Morgan fingerprint density at radius 3 is 2.21 bits per heavy atom. The van der Waals surface area contributed by atoms with Gasteiger partial charge in [0.2, 0.25) is 5.91 Å². The second kappa shape index (κ2) is 11.7. The number of nitrogens with one attached hydrogen (secondary N) is 2. The summed E-state index contributed by atoms with van der Waals surface area (Å²) in [5.41, 5.74) is 5.36. The molecule has 38 heavy (non-hydrogen) atoms. The van der Waals surface area contributed by atoms with Crippen LogP contribution in [0.25, 0.3) is 10.9 Å². The first kappa shape index (κ1) is 25.2. The highest BCUT2D eigenvalue weighted by Crippen LogP contribution is 2.38. The molecule has 192 valence electrons. The molecule has 0 fully saturated rings. The molecular weight excluding hydrogens is 472 g/mol. The zero-order chi connectivity index (χ0) is 26.3. The zero-order valence-electron chi connectivity index (χ0n) is 21.7. The molecule has 0 aliphatic rings. The maximum Gasteiger partial charge on any atom is 0.221 e. The van der Waals surface area contributed by atoms with Gasteiger partial charge in [-0.05, 0) is 46.9 Å². The number of aromatic amines is 1. The van der Waals surface area contributed by atoms with Crippen LogP contribution in [0.5, 0.6) is 11.5 Å². The Hall–Kier alpha value is -4.51. The summed E-state index contributed by atoms with van der Waals surface area (Å²) in [5.74, 6) is 1.10. The Bertz CT molecular complexity index is 1500. The van der Waals surface area contributed by atoms with E-state index in [1.54, 1.807) is 14.2 Å². The third-order valence-electron chi connectivity index (χ3n) is 7.02. The molecule has 1 aromatic heterocycles. The summed E-state index contributed by atoms with van der Waals surface area (Å²) in [7, 11) is 3.25. The summed E-state index contributed by atoms with van der Waals surface area (Å²) in [6, 6.07) is 34.3. The normalized spacial score (nSPS) is 12.6. The summed E-state index contributed by atoms with van der Waals surface area (Å²) in [6.45, 7) is 0. The van der Waals surface area contributed by atoms with Crippen LogP contribution in [0.2, 0.25) is 0 Å². The monoisotopic (exact) mass is 504 g/mol. The van der Waals surface area contributed by atoms with Gasteiger partial charge in [-0.25, -0.2) is 0 Å². The average Bonchev–Trinajstić information content (AvgIpc) is 3.40. The molecule has 5 rings (SSSR count).